The first-order valence-electron chi connectivity index (χ1n) is 7.36. The Kier molecular flexibility index (Phi) is 4.11. The molecule has 1 atom stereocenters. The number of carboxylic acid groups (broad SMARTS) is 1. The Morgan fingerprint density at radius 3 is 2.48 bits per heavy atom. The fraction of sp³-hybridized carbons (Fsp3) is 0.211. The van der Waals surface area contributed by atoms with Gasteiger partial charge in [0.1, 0.15) is 11.2 Å². The summed E-state index contributed by atoms with van der Waals surface area (Å²) in [5.41, 5.74) is 2.70. The van der Waals surface area contributed by atoms with E-state index in [1.54, 1.807) is 6.07 Å². The number of alkyl halides is 1. The zero-order valence-electron chi connectivity index (χ0n) is 12.6. The van der Waals surface area contributed by atoms with Crippen LogP contribution in [0.1, 0.15) is 23.1 Å². The van der Waals surface area contributed by atoms with Gasteiger partial charge in [0.15, 0.2) is 0 Å². The molecule has 0 saturated heterocycles. The normalized spacial score (nSPS) is 18.9. The summed E-state index contributed by atoms with van der Waals surface area (Å²) in [4.78, 5) is 12.3. The topological polar surface area (TPSA) is 37.3 Å². The second-order valence-corrected chi connectivity index (χ2v) is 6.43. The van der Waals surface area contributed by atoms with Gasteiger partial charge in [0.2, 0.25) is 0 Å². The molecule has 0 radical (unpaired) electrons. The zero-order valence-corrected chi connectivity index (χ0v) is 14.2. The van der Waals surface area contributed by atoms with E-state index in [-0.39, 0.29) is 0 Å². The van der Waals surface area contributed by atoms with E-state index >= 15 is 0 Å². The molecular formula is C19H16BrFO2. The lowest BCUT2D eigenvalue weighted by atomic mass is 9.75. The number of hydrogen-bond acceptors (Lipinski definition) is 1. The highest BCUT2D eigenvalue weighted by molar-refractivity contribution is 9.09. The van der Waals surface area contributed by atoms with Crippen molar-refractivity contribution in [2.24, 2.45) is 0 Å². The van der Waals surface area contributed by atoms with Crippen LogP contribution < -0.4 is 0 Å². The van der Waals surface area contributed by atoms with Gasteiger partial charge in [0, 0.05) is 5.33 Å². The van der Waals surface area contributed by atoms with Crippen LogP contribution in [0.15, 0.2) is 48.6 Å². The quantitative estimate of drug-likeness (QED) is 0.614. The molecule has 23 heavy (non-hydrogen) atoms. The van der Waals surface area contributed by atoms with Gasteiger partial charge in [-0.25, -0.2) is 4.39 Å². The summed E-state index contributed by atoms with van der Waals surface area (Å²) in [5.74, 6) is -1.36. The van der Waals surface area contributed by atoms with E-state index in [4.69, 9.17) is 0 Å². The number of allylic oxidation sites excluding steroid dienone is 2. The van der Waals surface area contributed by atoms with Gasteiger partial charge < -0.3 is 5.11 Å². The van der Waals surface area contributed by atoms with Gasteiger partial charge in [-0.05, 0) is 47.7 Å². The molecule has 4 heteroatoms. The molecule has 2 aromatic carbocycles. The van der Waals surface area contributed by atoms with Gasteiger partial charge in [-0.2, -0.15) is 0 Å². The molecule has 2 aromatic rings. The van der Waals surface area contributed by atoms with Crippen LogP contribution >= 0.6 is 15.9 Å². The van der Waals surface area contributed by atoms with Crippen LogP contribution in [0, 0.1) is 12.7 Å². The number of fused-ring (bicyclic) bond motifs is 3. The molecule has 0 amide bonds. The first-order valence-corrected chi connectivity index (χ1v) is 8.48. The summed E-state index contributed by atoms with van der Waals surface area (Å²) < 4.78 is 13.8. The van der Waals surface area contributed by atoms with Gasteiger partial charge in [0.25, 0.3) is 0 Å². The van der Waals surface area contributed by atoms with Crippen molar-refractivity contribution in [3.05, 3.63) is 71.1 Å². The molecule has 1 aliphatic carbocycles. The number of carbonyl (C=O) groups is 1. The molecule has 3 rings (SSSR count). The maximum absolute atomic E-state index is 13.8. The highest BCUT2D eigenvalue weighted by Gasteiger charge is 2.48. The third-order valence-corrected chi connectivity index (χ3v) is 4.79. The number of rotatable bonds is 4. The molecule has 2 nitrogen and oxygen atoms in total. The minimum absolute atomic E-state index is 0.292. The van der Waals surface area contributed by atoms with Crippen LogP contribution in [-0.4, -0.2) is 16.4 Å². The highest BCUT2D eigenvalue weighted by atomic mass is 79.9. The Morgan fingerprint density at radius 2 is 1.83 bits per heavy atom. The first kappa shape index (κ1) is 15.9. The Hall–Kier alpha value is -1.94. The predicted octanol–water partition coefficient (Wildman–Crippen LogP) is 4.83. The number of benzene rings is 2. The fourth-order valence-electron chi connectivity index (χ4n) is 3.36. The molecule has 0 heterocycles. The Bertz CT molecular complexity index is 760. The van der Waals surface area contributed by atoms with Crippen LogP contribution in [0.5, 0.6) is 0 Å². The first-order chi connectivity index (χ1) is 11.0. The fourth-order valence-corrected chi connectivity index (χ4v) is 3.62. The minimum atomic E-state index is -1.24. The molecule has 0 fully saturated rings. The van der Waals surface area contributed by atoms with Gasteiger partial charge >= 0.3 is 5.97 Å². The van der Waals surface area contributed by atoms with Crippen molar-refractivity contribution in [2.45, 2.75) is 18.8 Å². The zero-order chi connectivity index (χ0) is 16.6. The Morgan fingerprint density at radius 1 is 1.17 bits per heavy atom. The van der Waals surface area contributed by atoms with Gasteiger partial charge in [0.05, 0.1) is 0 Å². The molecule has 0 aromatic heterocycles. The van der Waals surface area contributed by atoms with E-state index in [9.17, 15) is 14.3 Å². The molecule has 0 aliphatic heterocycles. The van der Waals surface area contributed by atoms with E-state index in [2.05, 4.69) is 15.9 Å². The largest absolute Gasteiger partial charge is 0.480 e. The predicted molar refractivity (Wildman–Crippen MR) is 92.5 cm³/mol. The number of aliphatic carboxylic acids is 1. The van der Waals surface area contributed by atoms with E-state index in [0.29, 0.717) is 17.3 Å². The van der Waals surface area contributed by atoms with Gasteiger partial charge in [-0.3, -0.25) is 4.79 Å². The Balaban J connectivity index is 2.33. The maximum Gasteiger partial charge on any atom is 0.319 e. The van der Waals surface area contributed by atoms with Crippen molar-refractivity contribution >= 4 is 21.9 Å². The standard InChI is InChI=1S/C19H16BrFO2/c1-12-4-6-14-15-7-5-13(21)11-17(15)19(18(22)23,16(14)10-12)8-2-3-9-20/h2-7,10-11H,8-9H2,1H3,(H,22,23)/b3-2+. The minimum Gasteiger partial charge on any atom is -0.480 e. The summed E-state index contributed by atoms with van der Waals surface area (Å²) in [6.45, 7) is 1.94. The molecular weight excluding hydrogens is 359 g/mol. The summed E-state index contributed by atoms with van der Waals surface area (Å²) in [6.07, 6.45) is 4.01. The second-order valence-electron chi connectivity index (χ2n) is 5.78. The third kappa shape index (κ3) is 2.41. The van der Waals surface area contributed by atoms with Crippen molar-refractivity contribution in [1.82, 2.24) is 0 Å². The van der Waals surface area contributed by atoms with Crippen LogP contribution in [0.2, 0.25) is 0 Å². The van der Waals surface area contributed by atoms with Crippen LogP contribution in [0.3, 0.4) is 0 Å². The van der Waals surface area contributed by atoms with Crippen LogP contribution in [0.4, 0.5) is 4.39 Å². The van der Waals surface area contributed by atoms with Crippen LogP contribution in [0.25, 0.3) is 11.1 Å². The number of aryl methyl sites for hydroxylation is 1. The lowest BCUT2D eigenvalue weighted by molar-refractivity contribution is -0.141. The summed E-state index contributed by atoms with van der Waals surface area (Å²) >= 11 is 3.31. The second kappa shape index (κ2) is 5.93. The highest BCUT2D eigenvalue weighted by Crippen LogP contribution is 2.51. The monoisotopic (exact) mass is 374 g/mol. The van der Waals surface area contributed by atoms with E-state index in [0.717, 1.165) is 22.3 Å². The number of carboxylic acids is 1. The van der Waals surface area contributed by atoms with E-state index < -0.39 is 17.2 Å². The van der Waals surface area contributed by atoms with Crippen molar-refractivity contribution in [3.63, 3.8) is 0 Å². The van der Waals surface area contributed by atoms with E-state index in [1.165, 1.54) is 12.1 Å². The van der Waals surface area contributed by atoms with Crippen molar-refractivity contribution in [3.8, 4) is 11.1 Å². The SMILES string of the molecule is Cc1ccc2c(c1)C(C/C=C/CBr)(C(=O)O)c1cc(F)ccc1-2. The molecule has 1 aliphatic rings. The maximum atomic E-state index is 13.8. The summed E-state index contributed by atoms with van der Waals surface area (Å²) in [6, 6.07) is 10.2. The molecule has 0 bridgehead atoms. The summed E-state index contributed by atoms with van der Waals surface area (Å²) in [5, 5.41) is 10.7. The van der Waals surface area contributed by atoms with Crippen molar-refractivity contribution < 1.29 is 14.3 Å². The van der Waals surface area contributed by atoms with E-state index in [1.807, 2.05) is 37.3 Å². The number of hydrogen-bond donors (Lipinski definition) is 1. The van der Waals surface area contributed by atoms with Crippen molar-refractivity contribution in [1.29, 1.82) is 0 Å². The average molecular weight is 375 g/mol. The molecule has 0 saturated carbocycles. The molecule has 1 N–H and O–H groups in total. The molecule has 0 spiro atoms. The third-order valence-electron chi connectivity index (χ3n) is 4.41. The average Bonchev–Trinajstić information content (AvgIpc) is 2.77. The smallest absolute Gasteiger partial charge is 0.319 e. The number of halogens is 2. The lowest BCUT2D eigenvalue weighted by Gasteiger charge is -2.26. The lowest BCUT2D eigenvalue weighted by Crippen LogP contribution is -2.34. The van der Waals surface area contributed by atoms with Crippen molar-refractivity contribution in [2.75, 3.05) is 5.33 Å². The van der Waals surface area contributed by atoms with Gasteiger partial charge in [-0.1, -0.05) is 57.9 Å². The summed E-state index contributed by atoms with van der Waals surface area (Å²) in [7, 11) is 0. The van der Waals surface area contributed by atoms with Crippen LogP contribution in [-0.2, 0) is 10.2 Å². The van der Waals surface area contributed by atoms with Gasteiger partial charge in [-0.15, -0.1) is 0 Å². The Labute approximate surface area is 142 Å². The molecule has 118 valence electrons. The molecule has 1 unspecified atom stereocenters.